The molecule has 25 heavy (non-hydrogen) atoms. The molecule has 0 fully saturated rings. The van der Waals surface area contributed by atoms with Gasteiger partial charge in [0.1, 0.15) is 0 Å². The zero-order chi connectivity index (χ0) is 18.5. The lowest BCUT2D eigenvalue weighted by atomic mass is 10.1. The molecular formula is C19H33NO3S2. The van der Waals surface area contributed by atoms with Gasteiger partial charge in [-0.25, -0.2) is 4.79 Å². The van der Waals surface area contributed by atoms with E-state index in [-0.39, 0.29) is 0 Å². The average Bonchev–Trinajstić information content (AvgIpc) is 3.19. The SMILES string of the molecule is CCCCCCCCCCN(C)OC.O=C(O)C1=CC2SC=CC2S1. The number of fused-ring (bicyclic) bond motifs is 1. The van der Waals surface area contributed by atoms with Crippen LogP contribution in [-0.4, -0.2) is 47.3 Å². The van der Waals surface area contributed by atoms with E-state index in [1.807, 2.05) is 23.6 Å². The van der Waals surface area contributed by atoms with Crippen LogP contribution < -0.4 is 0 Å². The van der Waals surface area contributed by atoms with Crippen LogP contribution in [0.1, 0.15) is 58.3 Å². The Balaban J connectivity index is 0.000000255. The molecule has 0 radical (unpaired) electrons. The van der Waals surface area contributed by atoms with Crippen molar-refractivity contribution in [1.82, 2.24) is 5.06 Å². The number of unbranched alkanes of at least 4 members (excludes halogenated alkanes) is 7. The minimum atomic E-state index is -0.793. The summed E-state index contributed by atoms with van der Waals surface area (Å²) in [6.45, 7) is 3.33. The molecule has 2 aliphatic heterocycles. The van der Waals surface area contributed by atoms with Crippen LogP contribution >= 0.6 is 23.5 Å². The van der Waals surface area contributed by atoms with Crippen LogP contribution in [0.3, 0.4) is 0 Å². The number of aliphatic carboxylic acids is 1. The predicted molar refractivity (Wildman–Crippen MR) is 110 cm³/mol. The van der Waals surface area contributed by atoms with Gasteiger partial charge in [0.15, 0.2) is 0 Å². The van der Waals surface area contributed by atoms with Crippen molar-refractivity contribution in [1.29, 1.82) is 0 Å². The monoisotopic (exact) mass is 387 g/mol. The summed E-state index contributed by atoms with van der Waals surface area (Å²) in [5.41, 5.74) is 0. The maximum atomic E-state index is 10.5. The molecule has 0 aromatic heterocycles. The van der Waals surface area contributed by atoms with E-state index < -0.39 is 5.97 Å². The standard InChI is InChI=1S/C12H27NO.C7H6O2S2/c1-4-5-6-7-8-9-10-11-12-13(2)14-3;8-7(9)6-3-5-4(11-6)1-2-10-5/h4-12H2,1-3H3;1-5H,(H,8,9). The predicted octanol–water partition coefficient (Wildman–Crippen LogP) is 5.32. The third-order valence-electron chi connectivity index (χ3n) is 4.26. The highest BCUT2D eigenvalue weighted by Gasteiger charge is 2.32. The molecule has 6 heteroatoms. The number of nitrogens with zero attached hydrogens (tertiary/aromatic N) is 1. The molecule has 0 bridgehead atoms. The summed E-state index contributed by atoms with van der Waals surface area (Å²) in [5, 5.41) is 13.3. The van der Waals surface area contributed by atoms with E-state index in [4.69, 9.17) is 9.94 Å². The molecule has 1 N–H and O–H groups in total. The van der Waals surface area contributed by atoms with Crippen LogP contribution in [0.15, 0.2) is 22.5 Å². The van der Waals surface area contributed by atoms with Gasteiger partial charge in [0.2, 0.25) is 0 Å². The average molecular weight is 388 g/mol. The van der Waals surface area contributed by atoms with Gasteiger partial charge in [0.25, 0.3) is 0 Å². The number of carbonyl (C=O) groups is 1. The van der Waals surface area contributed by atoms with Crippen molar-refractivity contribution in [2.75, 3.05) is 20.7 Å². The molecule has 2 rings (SSSR count). The third kappa shape index (κ3) is 9.73. The molecule has 0 aromatic rings. The van der Waals surface area contributed by atoms with Gasteiger partial charge in [-0.05, 0) is 17.9 Å². The number of carboxylic acids is 1. The maximum absolute atomic E-state index is 10.5. The molecule has 2 aliphatic rings. The Morgan fingerprint density at radius 2 is 1.80 bits per heavy atom. The second-order valence-electron chi connectivity index (χ2n) is 6.36. The fourth-order valence-corrected chi connectivity index (χ4v) is 5.09. The van der Waals surface area contributed by atoms with Crippen molar-refractivity contribution < 1.29 is 14.7 Å². The molecule has 0 saturated carbocycles. The van der Waals surface area contributed by atoms with Crippen LogP contribution in [0.5, 0.6) is 0 Å². The van der Waals surface area contributed by atoms with Crippen LogP contribution in [0.25, 0.3) is 0 Å². The fourth-order valence-electron chi connectivity index (χ4n) is 2.66. The maximum Gasteiger partial charge on any atom is 0.341 e. The van der Waals surface area contributed by atoms with Gasteiger partial charge < -0.3 is 9.94 Å². The molecule has 0 aromatic carbocycles. The van der Waals surface area contributed by atoms with Crippen molar-refractivity contribution in [3.63, 3.8) is 0 Å². The lowest BCUT2D eigenvalue weighted by molar-refractivity contribution is -0.131. The molecule has 0 spiro atoms. The smallest absolute Gasteiger partial charge is 0.341 e. The lowest BCUT2D eigenvalue weighted by Crippen LogP contribution is -2.17. The van der Waals surface area contributed by atoms with Gasteiger partial charge in [-0.15, -0.1) is 23.5 Å². The molecule has 2 atom stereocenters. The van der Waals surface area contributed by atoms with Crippen molar-refractivity contribution in [3.05, 3.63) is 22.5 Å². The zero-order valence-electron chi connectivity index (χ0n) is 15.8. The van der Waals surface area contributed by atoms with E-state index in [0.29, 0.717) is 15.4 Å². The van der Waals surface area contributed by atoms with Crippen LogP contribution in [0.4, 0.5) is 0 Å². The van der Waals surface area contributed by atoms with Crippen molar-refractivity contribution >= 4 is 29.5 Å². The third-order valence-corrected chi connectivity index (χ3v) is 6.77. The Morgan fingerprint density at radius 3 is 2.36 bits per heavy atom. The van der Waals surface area contributed by atoms with Crippen LogP contribution in [-0.2, 0) is 9.63 Å². The zero-order valence-corrected chi connectivity index (χ0v) is 17.4. The number of hydrogen-bond donors (Lipinski definition) is 1. The fraction of sp³-hybridized carbons (Fsp3) is 0.737. The second kappa shape index (κ2) is 13.7. The molecule has 144 valence electrons. The summed E-state index contributed by atoms with van der Waals surface area (Å²) in [5.74, 6) is -0.793. The Kier molecular flexibility index (Phi) is 12.4. The van der Waals surface area contributed by atoms with Gasteiger partial charge in [-0.1, -0.05) is 57.9 Å². The second-order valence-corrected chi connectivity index (χ2v) is 8.67. The number of thioether (sulfide) groups is 2. The summed E-state index contributed by atoms with van der Waals surface area (Å²) in [7, 11) is 3.71. The molecule has 4 nitrogen and oxygen atoms in total. The highest BCUT2D eigenvalue weighted by atomic mass is 32.2. The summed E-state index contributed by atoms with van der Waals surface area (Å²) in [4.78, 5) is 16.1. The Hall–Kier alpha value is -0.430. The van der Waals surface area contributed by atoms with Crippen LogP contribution in [0.2, 0.25) is 0 Å². The summed E-state index contributed by atoms with van der Waals surface area (Å²) < 4.78 is 0. The van der Waals surface area contributed by atoms with E-state index in [1.165, 1.54) is 63.1 Å². The number of hydroxylamine groups is 2. The van der Waals surface area contributed by atoms with E-state index in [2.05, 4.69) is 13.0 Å². The van der Waals surface area contributed by atoms with Crippen molar-refractivity contribution in [2.24, 2.45) is 0 Å². The molecule has 0 aliphatic carbocycles. The molecule has 0 saturated heterocycles. The van der Waals surface area contributed by atoms with Crippen LogP contribution in [0, 0.1) is 0 Å². The van der Waals surface area contributed by atoms with Crippen molar-refractivity contribution in [3.8, 4) is 0 Å². The summed E-state index contributed by atoms with van der Waals surface area (Å²) in [6, 6.07) is 0. The summed E-state index contributed by atoms with van der Waals surface area (Å²) in [6.07, 6.45) is 14.9. The number of carboxylic acid groups (broad SMARTS) is 1. The number of hydrogen-bond acceptors (Lipinski definition) is 5. The molecule has 2 unspecified atom stereocenters. The topological polar surface area (TPSA) is 49.8 Å². The minimum absolute atomic E-state index is 0.367. The minimum Gasteiger partial charge on any atom is -0.477 e. The van der Waals surface area contributed by atoms with E-state index in [1.54, 1.807) is 18.9 Å². The summed E-state index contributed by atoms with van der Waals surface area (Å²) >= 11 is 3.14. The highest BCUT2D eigenvalue weighted by Crippen LogP contribution is 2.43. The van der Waals surface area contributed by atoms with Gasteiger partial charge in [0, 0.05) is 24.1 Å². The van der Waals surface area contributed by atoms with Gasteiger partial charge >= 0.3 is 5.97 Å². The first-order valence-electron chi connectivity index (χ1n) is 9.27. The Bertz CT molecular complexity index is 440. The highest BCUT2D eigenvalue weighted by molar-refractivity contribution is 8.09. The van der Waals surface area contributed by atoms with E-state index in [9.17, 15) is 4.79 Å². The molecular weight excluding hydrogens is 354 g/mol. The number of rotatable bonds is 11. The Morgan fingerprint density at radius 1 is 1.16 bits per heavy atom. The van der Waals surface area contributed by atoms with Crippen molar-refractivity contribution in [2.45, 2.75) is 68.8 Å². The van der Waals surface area contributed by atoms with Gasteiger partial charge in [-0.2, -0.15) is 5.06 Å². The first-order chi connectivity index (χ1) is 12.1. The molecule has 2 heterocycles. The van der Waals surface area contributed by atoms with Gasteiger partial charge in [0.05, 0.1) is 12.0 Å². The molecule has 0 amide bonds. The van der Waals surface area contributed by atoms with E-state index >= 15 is 0 Å². The largest absolute Gasteiger partial charge is 0.477 e. The first-order valence-corrected chi connectivity index (χ1v) is 11.1. The normalized spacial score (nSPS) is 21.0. The van der Waals surface area contributed by atoms with Gasteiger partial charge in [-0.3, -0.25) is 0 Å². The first kappa shape index (κ1) is 22.6. The lowest BCUT2D eigenvalue weighted by Gasteiger charge is -2.12. The Labute approximate surface area is 161 Å². The van der Waals surface area contributed by atoms with E-state index in [0.717, 1.165) is 6.54 Å². The quantitative estimate of drug-likeness (QED) is 0.382.